The number of phenols is 1. The van der Waals surface area contributed by atoms with Crippen LogP contribution in [0.4, 0.5) is 0 Å². The largest absolute Gasteiger partial charge is 0.508 e. The Balaban J connectivity index is 0.000000612. The molecule has 2 N–H and O–H groups in total. The first-order chi connectivity index (χ1) is 9.62. The number of hydrogen-bond acceptors (Lipinski definition) is 2. The fraction of sp³-hybridized carbons (Fsp3) is 0.235. The Labute approximate surface area is 120 Å². The van der Waals surface area contributed by atoms with Crippen molar-refractivity contribution in [2.24, 2.45) is 0 Å². The van der Waals surface area contributed by atoms with E-state index in [9.17, 15) is 9.90 Å². The Morgan fingerprint density at radius 2 is 1.60 bits per heavy atom. The van der Waals surface area contributed by atoms with Crippen LogP contribution in [0.5, 0.6) is 5.75 Å². The van der Waals surface area contributed by atoms with Gasteiger partial charge in [-0.3, -0.25) is 4.79 Å². The molecule has 0 aliphatic rings. The van der Waals surface area contributed by atoms with Crippen LogP contribution in [-0.2, 0) is 0 Å². The topological polar surface area (TPSA) is 49.3 Å². The lowest BCUT2D eigenvalue weighted by Crippen LogP contribution is -2.17. The second kappa shape index (κ2) is 8.00. The fourth-order valence-corrected chi connectivity index (χ4v) is 1.67. The number of carbonyl (C=O) groups is 1. The molecule has 0 heterocycles. The van der Waals surface area contributed by atoms with Crippen LogP contribution in [0.15, 0.2) is 48.5 Å². The van der Waals surface area contributed by atoms with Crippen LogP contribution < -0.4 is 5.32 Å². The number of benzene rings is 2. The Morgan fingerprint density at radius 3 is 2.15 bits per heavy atom. The van der Waals surface area contributed by atoms with Crippen molar-refractivity contribution in [2.45, 2.75) is 20.3 Å². The van der Waals surface area contributed by atoms with E-state index in [0.717, 1.165) is 11.1 Å². The van der Waals surface area contributed by atoms with Crippen molar-refractivity contribution >= 4 is 5.91 Å². The molecular weight excluding hydrogens is 250 g/mol. The van der Waals surface area contributed by atoms with Crippen molar-refractivity contribution in [2.75, 3.05) is 7.05 Å². The van der Waals surface area contributed by atoms with E-state index >= 15 is 0 Å². The lowest BCUT2D eigenvalue weighted by molar-refractivity contribution is 0.0963. The van der Waals surface area contributed by atoms with Gasteiger partial charge in [0.05, 0.1) is 0 Å². The third-order valence-electron chi connectivity index (χ3n) is 2.53. The highest BCUT2D eigenvalue weighted by atomic mass is 16.3. The van der Waals surface area contributed by atoms with E-state index in [4.69, 9.17) is 0 Å². The molecule has 0 saturated carbocycles. The summed E-state index contributed by atoms with van der Waals surface area (Å²) in [5.41, 5.74) is 2.39. The summed E-state index contributed by atoms with van der Waals surface area (Å²) >= 11 is 0. The number of nitrogens with one attached hydrogen (secondary N) is 1. The van der Waals surface area contributed by atoms with E-state index in [1.54, 1.807) is 37.4 Å². The highest BCUT2D eigenvalue weighted by Gasteiger charge is 2.05. The van der Waals surface area contributed by atoms with Crippen molar-refractivity contribution in [3.8, 4) is 16.9 Å². The SMILES string of the molecule is CCC.CNC(=O)c1cccc(-c2cccc(O)c2)c1. The molecule has 0 spiro atoms. The standard InChI is InChI=1S/C14H13NO2.C3H8/c1-15-14(17)12-6-2-4-10(8-12)11-5-3-7-13(16)9-11;1-3-2/h2-9,16H,1H3,(H,15,17);3H2,1-2H3. The molecule has 0 fully saturated rings. The second-order valence-electron chi connectivity index (χ2n) is 4.42. The molecule has 0 radical (unpaired) electrons. The molecule has 0 aliphatic heterocycles. The van der Waals surface area contributed by atoms with E-state index in [1.165, 1.54) is 6.42 Å². The van der Waals surface area contributed by atoms with Crippen molar-refractivity contribution < 1.29 is 9.90 Å². The highest BCUT2D eigenvalue weighted by molar-refractivity contribution is 5.95. The first kappa shape index (κ1) is 15.8. The summed E-state index contributed by atoms with van der Waals surface area (Å²) in [6.45, 7) is 4.25. The Kier molecular flexibility index (Phi) is 6.30. The van der Waals surface area contributed by atoms with Gasteiger partial charge in [0.15, 0.2) is 0 Å². The van der Waals surface area contributed by atoms with E-state index < -0.39 is 0 Å². The van der Waals surface area contributed by atoms with Gasteiger partial charge in [0.1, 0.15) is 5.75 Å². The number of carbonyl (C=O) groups excluding carboxylic acids is 1. The van der Waals surface area contributed by atoms with Crippen molar-refractivity contribution in [3.63, 3.8) is 0 Å². The number of hydrogen-bond donors (Lipinski definition) is 2. The molecule has 0 atom stereocenters. The summed E-state index contributed by atoms with van der Waals surface area (Å²) in [4.78, 5) is 11.5. The van der Waals surface area contributed by atoms with Gasteiger partial charge in [-0.2, -0.15) is 0 Å². The quantitative estimate of drug-likeness (QED) is 0.872. The lowest BCUT2D eigenvalue weighted by Gasteiger charge is -2.05. The first-order valence-electron chi connectivity index (χ1n) is 6.73. The minimum Gasteiger partial charge on any atom is -0.508 e. The average molecular weight is 271 g/mol. The maximum absolute atomic E-state index is 11.5. The summed E-state index contributed by atoms with van der Waals surface area (Å²) in [5.74, 6) is 0.0971. The lowest BCUT2D eigenvalue weighted by atomic mass is 10.0. The summed E-state index contributed by atoms with van der Waals surface area (Å²) < 4.78 is 0. The number of rotatable bonds is 2. The fourth-order valence-electron chi connectivity index (χ4n) is 1.67. The van der Waals surface area contributed by atoms with Gasteiger partial charge >= 0.3 is 0 Å². The molecule has 20 heavy (non-hydrogen) atoms. The Bertz CT molecular complexity index is 564. The molecule has 106 valence electrons. The zero-order valence-electron chi connectivity index (χ0n) is 12.2. The van der Waals surface area contributed by atoms with Gasteiger partial charge in [-0.25, -0.2) is 0 Å². The molecule has 0 aromatic heterocycles. The van der Waals surface area contributed by atoms with E-state index in [1.807, 2.05) is 18.2 Å². The van der Waals surface area contributed by atoms with Crippen LogP contribution in [0, 0.1) is 0 Å². The van der Waals surface area contributed by atoms with Crippen LogP contribution in [0.2, 0.25) is 0 Å². The van der Waals surface area contributed by atoms with Crippen LogP contribution in [0.1, 0.15) is 30.6 Å². The van der Waals surface area contributed by atoms with Gasteiger partial charge in [0.25, 0.3) is 5.91 Å². The van der Waals surface area contributed by atoms with Crippen LogP contribution in [-0.4, -0.2) is 18.1 Å². The van der Waals surface area contributed by atoms with Crippen molar-refractivity contribution in [1.82, 2.24) is 5.32 Å². The van der Waals surface area contributed by atoms with Gasteiger partial charge in [0.2, 0.25) is 0 Å². The number of aromatic hydroxyl groups is 1. The second-order valence-corrected chi connectivity index (χ2v) is 4.42. The third kappa shape index (κ3) is 4.43. The van der Waals surface area contributed by atoms with Gasteiger partial charge < -0.3 is 10.4 Å². The molecular formula is C17H21NO2. The summed E-state index contributed by atoms with van der Waals surface area (Å²) in [7, 11) is 1.60. The minimum atomic E-state index is -0.119. The average Bonchev–Trinajstić information content (AvgIpc) is 2.47. The summed E-state index contributed by atoms with van der Waals surface area (Å²) in [6, 6.07) is 14.2. The van der Waals surface area contributed by atoms with Crippen LogP contribution >= 0.6 is 0 Å². The zero-order chi connectivity index (χ0) is 15.0. The number of phenolic OH excluding ortho intramolecular Hbond substituents is 1. The minimum absolute atomic E-state index is 0.119. The molecule has 0 unspecified atom stereocenters. The van der Waals surface area contributed by atoms with E-state index in [-0.39, 0.29) is 11.7 Å². The number of amides is 1. The molecule has 2 rings (SSSR count). The third-order valence-corrected chi connectivity index (χ3v) is 2.53. The summed E-state index contributed by atoms with van der Waals surface area (Å²) in [5, 5.41) is 12.0. The predicted octanol–water partition coefficient (Wildman–Crippen LogP) is 3.84. The Morgan fingerprint density at radius 1 is 1.05 bits per heavy atom. The monoisotopic (exact) mass is 271 g/mol. The smallest absolute Gasteiger partial charge is 0.251 e. The first-order valence-corrected chi connectivity index (χ1v) is 6.73. The van der Waals surface area contributed by atoms with Gasteiger partial charge in [0, 0.05) is 12.6 Å². The van der Waals surface area contributed by atoms with E-state index in [2.05, 4.69) is 19.2 Å². The normalized spacial score (nSPS) is 9.35. The van der Waals surface area contributed by atoms with Gasteiger partial charge in [-0.15, -0.1) is 0 Å². The molecule has 3 nitrogen and oxygen atoms in total. The maximum atomic E-state index is 11.5. The molecule has 0 aliphatic carbocycles. The molecule has 3 heteroatoms. The molecule has 2 aromatic carbocycles. The summed E-state index contributed by atoms with van der Waals surface area (Å²) in [6.07, 6.45) is 1.25. The van der Waals surface area contributed by atoms with Crippen molar-refractivity contribution in [3.05, 3.63) is 54.1 Å². The van der Waals surface area contributed by atoms with Crippen LogP contribution in [0.3, 0.4) is 0 Å². The molecule has 0 bridgehead atoms. The van der Waals surface area contributed by atoms with Gasteiger partial charge in [-0.05, 0) is 35.4 Å². The molecule has 1 amide bonds. The zero-order valence-corrected chi connectivity index (χ0v) is 12.2. The van der Waals surface area contributed by atoms with Crippen LogP contribution in [0.25, 0.3) is 11.1 Å². The highest BCUT2D eigenvalue weighted by Crippen LogP contribution is 2.23. The Hall–Kier alpha value is -2.29. The van der Waals surface area contributed by atoms with Crippen molar-refractivity contribution in [1.29, 1.82) is 0 Å². The van der Waals surface area contributed by atoms with E-state index in [0.29, 0.717) is 5.56 Å². The molecule has 2 aromatic rings. The van der Waals surface area contributed by atoms with Gasteiger partial charge in [-0.1, -0.05) is 44.5 Å². The predicted molar refractivity (Wildman–Crippen MR) is 82.9 cm³/mol. The maximum Gasteiger partial charge on any atom is 0.251 e. The molecule has 0 saturated heterocycles.